The molecule has 1 rings (SSSR count). The number of alkyl halides is 1. The van der Waals surface area contributed by atoms with Gasteiger partial charge in [-0.2, -0.15) is 0 Å². The quantitative estimate of drug-likeness (QED) is 0.703. The highest BCUT2D eigenvalue weighted by Gasteiger charge is 2.12. The van der Waals surface area contributed by atoms with Gasteiger partial charge in [-0.05, 0) is 12.1 Å². The van der Waals surface area contributed by atoms with E-state index in [0.29, 0.717) is 0 Å². The predicted octanol–water partition coefficient (Wildman–Crippen LogP) is 1.86. The second-order valence-electron chi connectivity index (χ2n) is 2.18. The standard InChI is InChI=1S/C8H8ClO2S/c9-6-7-12(10,11)8-4-2-1-3-5-8/h1-5,7H,6H2. The summed E-state index contributed by atoms with van der Waals surface area (Å²) in [4.78, 5) is 0.283. The average molecular weight is 204 g/mol. The van der Waals surface area contributed by atoms with Crippen LogP contribution in [0.2, 0.25) is 0 Å². The van der Waals surface area contributed by atoms with Crippen molar-refractivity contribution in [2.45, 2.75) is 4.90 Å². The van der Waals surface area contributed by atoms with Gasteiger partial charge in [-0.3, -0.25) is 0 Å². The van der Waals surface area contributed by atoms with Gasteiger partial charge in [-0.1, -0.05) is 18.2 Å². The zero-order chi connectivity index (χ0) is 9.03. The molecule has 0 unspecified atom stereocenters. The predicted molar refractivity (Wildman–Crippen MR) is 48.6 cm³/mol. The van der Waals surface area contributed by atoms with E-state index in [4.69, 9.17) is 11.6 Å². The summed E-state index contributed by atoms with van der Waals surface area (Å²) in [6, 6.07) is 8.19. The Morgan fingerprint density at radius 2 is 1.83 bits per heavy atom. The summed E-state index contributed by atoms with van der Waals surface area (Å²) in [6.07, 6.45) is 0. The van der Waals surface area contributed by atoms with Crippen molar-refractivity contribution in [3.05, 3.63) is 36.1 Å². The Labute approximate surface area is 77.1 Å². The second kappa shape index (κ2) is 3.92. The first-order valence-corrected chi connectivity index (χ1v) is 5.44. The molecule has 0 aliphatic heterocycles. The molecule has 0 saturated heterocycles. The van der Waals surface area contributed by atoms with Crippen molar-refractivity contribution in [1.29, 1.82) is 0 Å². The van der Waals surface area contributed by atoms with Gasteiger partial charge in [0.2, 0.25) is 0 Å². The molecule has 0 aromatic heterocycles. The van der Waals surface area contributed by atoms with Gasteiger partial charge < -0.3 is 0 Å². The number of sulfone groups is 1. The molecule has 12 heavy (non-hydrogen) atoms. The first-order chi connectivity index (χ1) is 5.67. The van der Waals surface area contributed by atoms with Crippen molar-refractivity contribution in [2.75, 3.05) is 5.88 Å². The van der Waals surface area contributed by atoms with Crippen molar-refractivity contribution in [2.24, 2.45) is 0 Å². The molecular formula is C8H8ClO2S. The van der Waals surface area contributed by atoms with E-state index in [1.807, 2.05) is 0 Å². The van der Waals surface area contributed by atoms with Crippen molar-refractivity contribution >= 4 is 21.4 Å². The molecule has 0 amide bonds. The first-order valence-electron chi connectivity index (χ1n) is 3.36. The fourth-order valence-corrected chi connectivity index (χ4v) is 2.18. The highest BCUT2D eigenvalue weighted by Crippen LogP contribution is 2.12. The van der Waals surface area contributed by atoms with Crippen molar-refractivity contribution < 1.29 is 8.42 Å². The third-order valence-electron chi connectivity index (χ3n) is 1.35. The summed E-state index contributed by atoms with van der Waals surface area (Å²) in [7, 11) is -3.27. The topological polar surface area (TPSA) is 34.1 Å². The SMILES string of the molecule is O=S(=O)([CH]CCl)c1ccccc1. The lowest BCUT2D eigenvalue weighted by atomic mass is 10.4. The smallest absolute Gasteiger partial charge is 0.183 e. The van der Waals surface area contributed by atoms with Gasteiger partial charge in [0, 0.05) is 5.88 Å². The minimum absolute atomic E-state index is 0.0111. The summed E-state index contributed by atoms with van der Waals surface area (Å²) >= 11 is 5.30. The molecule has 0 spiro atoms. The maximum absolute atomic E-state index is 11.3. The number of benzene rings is 1. The van der Waals surface area contributed by atoms with Crippen LogP contribution in [0.3, 0.4) is 0 Å². The van der Waals surface area contributed by atoms with Gasteiger partial charge in [0.25, 0.3) is 0 Å². The van der Waals surface area contributed by atoms with E-state index >= 15 is 0 Å². The van der Waals surface area contributed by atoms with Crippen LogP contribution in [0.5, 0.6) is 0 Å². The summed E-state index contributed by atoms with van der Waals surface area (Å²) in [5.74, 6) is 1.10. The molecule has 1 aromatic carbocycles. The zero-order valence-electron chi connectivity index (χ0n) is 6.27. The minimum atomic E-state index is -3.27. The van der Waals surface area contributed by atoms with Crippen LogP contribution in [-0.2, 0) is 9.84 Å². The van der Waals surface area contributed by atoms with Gasteiger partial charge in [-0.25, -0.2) is 8.42 Å². The second-order valence-corrected chi connectivity index (χ2v) is 4.38. The van der Waals surface area contributed by atoms with Crippen LogP contribution in [0, 0.1) is 5.75 Å². The van der Waals surface area contributed by atoms with Crippen LogP contribution in [0.4, 0.5) is 0 Å². The molecule has 0 saturated carbocycles. The molecule has 2 nitrogen and oxygen atoms in total. The monoisotopic (exact) mass is 203 g/mol. The molecule has 0 fully saturated rings. The van der Waals surface area contributed by atoms with Gasteiger partial charge >= 0.3 is 0 Å². The summed E-state index contributed by atoms with van der Waals surface area (Å²) in [6.45, 7) is 0. The largest absolute Gasteiger partial charge is 0.223 e. The van der Waals surface area contributed by atoms with Crippen molar-refractivity contribution in [3.63, 3.8) is 0 Å². The first kappa shape index (κ1) is 9.55. The molecular weight excluding hydrogens is 196 g/mol. The normalized spacial score (nSPS) is 11.4. The van der Waals surface area contributed by atoms with Gasteiger partial charge in [-0.15, -0.1) is 11.6 Å². The van der Waals surface area contributed by atoms with E-state index in [2.05, 4.69) is 0 Å². The molecule has 65 valence electrons. The van der Waals surface area contributed by atoms with E-state index in [1.165, 1.54) is 0 Å². The van der Waals surface area contributed by atoms with Crippen LogP contribution < -0.4 is 0 Å². The Bertz CT molecular complexity index is 331. The molecule has 0 bridgehead atoms. The lowest BCUT2D eigenvalue weighted by Gasteiger charge is -1.99. The number of halogens is 1. The molecule has 0 heterocycles. The highest BCUT2D eigenvalue weighted by molar-refractivity contribution is 7.93. The lowest BCUT2D eigenvalue weighted by Crippen LogP contribution is -2.01. The number of rotatable bonds is 3. The Kier molecular flexibility index (Phi) is 3.12. The molecule has 1 aromatic rings. The third kappa shape index (κ3) is 2.22. The van der Waals surface area contributed by atoms with E-state index in [-0.39, 0.29) is 10.8 Å². The summed E-state index contributed by atoms with van der Waals surface area (Å²) in [5.41, 5.74) is 0. The summed E-state index contributed by atoms with van der Waals surface area (Å²) in [5, 5.41) is 0. The van der Waals surface area contributed by atoms with Gasteiger partial charge in [0.15, 0.2) is 9.84 Å². The molecule has 4 heteroatoms. The van der Waals surface area contributed by atoms with Gasteiger partial charge in [0.1, 0.15) is 0 Å². The maximum Gasteiger partial charge on any atom is 0.183 e. The van der Waals surface area contributed by atoms with Crippen LogP contribution in [0.15, 0.2) is 35.2 Å². The van der Waals surface area contributed by atoms with Crippen LogP contribution >= 0.6 is 11.6 Å². The van der Waals surface area contributed by atoms with Gasteiger partial charge in [0.05, 0.1) is 10.6 Å². The number of hydrogen-bond acceptors (Lipinski definition) is 2. The molecule has 0 atom stereocenters. The van der Waals surface area contributed by atoms with E-state index in [9.17, 15) is 8.42 Å². The van der Waals surface area contributed by atoms with Crippen LogP contribution in [0.1, 0.15) is 0 Å². The lowest BCUT2D eigenvalue weighted by molar-refractivity contribution is 0.601. The van der Waals surface area contributed by atoms with E-state index in [0.717, 1.165) is 5.75 Å². The maximum atomic E-state index is 11.3. The molecule has 0 aliphatic carbocycles. The Morgan fingerprint density at radius 1 is 1.25 bits per heavy atom. The van der Waals surface area contributed by atoms with Crippen LogP contribution in [0.25, 0.3) is 0 Å². The zero-order valence-corrected chi connectivity index (χ0v) is 7.85. The van der Waals surface area contributed by atoms with E-state index < -0.39 is 9.84 Å². The highest BCUT2D eigenvalue weighted by atomic mass is 35.5. The number of hydrogen-bond donors (Lipinski definition) is 0. The average Bonchev–Trinajstić information content (AvgIpc) is 2.06. The summed E-state index contributed by atoms with van der Waals surface area (Å²) < 4.78 is 22.6. The fourth-order valence-electron chi connectivity index (χ4n) is 0.789. The van der Waals surface area contributed by atoms with Crippen LogP contribution in [-0.4, -0.2) is 14.3 Å². The Hall–Kier alpha value is -0.540. The van der Waals surface area contributed by atoms with E-state index in [1.54, 1.807) is 30.3 Å². The molecule has 0 aliphatic rings. The van der Waals surface area contributed by atoms with Crippen molar-refractivity contribution in [3.8, 4) is 0 Å². The third-order valence-corrected chi connectivity index (χ3v) is 3.23. The molecule has 1 radical (unpaired) electrons. The molecule has 0 N–H and O–H groups in total. The Morgan fingerprint density at radius 3 is 2.33 bits per heavy atom. The minimum Gasteiger partial charge on any atom is -0.223 e. The van der Waals surface area contributed by atoms with Crippen molar-refractivity contribution in [1.82, 2.24) is 0 Å². The fraction of sp³-hybridized carbons (Fsp3) is 0.125. The Balaban J connectivity index is 2.99.